The lowest BCUT2D eigenvalue weighted by Crippen LogP contribution is -2.38. The fraction of sp³-hybridized carbons (Fsp3) is 0.333. The van der Waals surface area contributed by atoms with Gasteiger partial charge in [0.15, 0.2) is 11.5 Å². The second kappa shape index (κ2) is 8.58. The van der Waals surface area contributed by atoms with Crippen molar-refractivity contribution in [2.24, 2.45) is 5.73 Å². The van der Waals surface area contributed by atoms with Crippen molar-refractivity contribution in [3.05, 3.63) is 59.8 Å². The molecule has 11 heteroatoms. The molecule has 4 aromatic rings. The van der Waals surface area contributed by atoms with Gasteiger partial charge in [-0.15, -0.1) is 10.2 Å². The van der Waals surface area contributed by atoms with E-state index in [2.05, 4.69) is 15.2 Å². The van der Waals surface area contributed by atoms with E-state index < -0.39 is 12.2 Å². The second-order valence-electron chi connectivity index (χ2n) is 9.01. The van der Waals surface area contributed by atoms with Crippen molar-refractivity contribution >= 4 is 22.5 Å². The molecular weight excluding hydrogens is 459 g/mol. The average molecular weight is 483 g/mol. The largest absolute Gasteiger partial charge is 0.408 e. The number of nitrogens with two attached hydrogens (primary N) is 1. The van der Waals surface area contributed by atoms with Gasteiger partial charge in [0, 0.05) is 50.4 Å². The van der Waals surface area contributed by atoms with E-state index in [4.69, 9.17) is 5.73 Å². The number of pyridine rings is 2. The Bertz CT molecular complexity index is 1420. The van der Waals surface area contributed by atoms with Crippen molar-refractivity contribution in [2.45, 2.75) is 24.7 Å². The van der Waals surface area contributed by atoms with Crippen LogP contribution in [0.2, 0.25) is 0 Å². The Kier molecular flexibility index (Phi) is 5.68. The van der Waals surface area contributed by atoms with Gasteiger partial charge in [-0.1, -0.05) is 18.2 Å². The predicted molar refractivity (Wildman–Crippen MR) is 125 cm³/mol. The molecule has 1 aliphatic heterocycles. The Morgan fingerprint density at radius 1 is 1.14 bits per heavy atom. The summed E-state index contributed by atoms with van der Waals surface area (Å²) in [6.45, 7) is 0.454. The molecular formula is C24H24F3N7O. The first kappa shape index (κ1) is 23.2. The summed E-state index contributed by atoms with van der Waals surface area (Å²) in [7, 11) is 3.33. The van der Waals surface area contributed by atoms with Crippen LogP contribution in [-0.2, 0) is 0 Å². The SMILES string of the molecule is CN(C)C(=O)c1ccc2ccc(-c3nnc4ccc([C@@H](N5CCC(N)C5)C(F)(F)F)cn34)nc2c1. The predicted octanol–water partition coefficient (Wildman–Crippen LogP) is 3.28. The molecule has 4 heterocycles. The summed E-state index contributed by atoms with van der Waals surface area (Å²) in [5, 5.41) is 9.12. The molecule has 35 heavy (non-hydrogen) atoms. The highest BCUT2D eigenvalue weighted by molar-refractivity contribution is 5.97. The van der Waals surface area contributed by atoms with E-state index in [-0.39, 0.29) is 30.6 Å². The summed E-state index contributed by atoms with van der Waals surface area (Å²) in [6.07, 6.45) is -2.53. The van der Waals surface area contributed by atoms with Gasteiger partial charge in [-0.05, 0) is 36.2 Å². The van der Waals surface area contributed by atoms with E-state index in [1.54, 1.807) is 38.4 Å². The molecule has 3 aromatic heterocycles. The summed E-state index contributed by atoms with van der Waals surface area (Å²) in [5.41, 5.74) is 7.86. The van der Waals surface area contributed by atoms with Crippen LogP contribution in [0.1, 0.15) is 28.4 Å². The zero-order chi connectivity index (χ0) is 24.9. The van der Waals surface area contributed by atoms with Crippen molar-refractivity contribution in [3.63, 3.8) is 0 Å². The molecule has 0 bridgehead atoms. The van der Waals surface area contributed by atoms with E-state index in [0.29, 0.717) is 34.7 Å². The van der Waals surface area contributed by atoms with Gasteiger partial charge in [0.05, 0.1) is 5.52 Å². The molecule has 1 aromatic carbocycles. The molecule has 8 nitrogen and oxygen atoms in total. The number of carbonyl (C=O) groups excluding carboxylic acids is 1. The maximum atomic E-state index is 14.1. The van der Waals surface area contributed by atoms with Crippen LogP contribution in [0, 0.1) is 0 Å². The zero-order valence-corrected chi connectivity index (χ0v) is 19.2. The lowest BCUT2D eigenvalue weighted by Gasteiger charge is -2.30. The molecule has 0 radical (unpaired) electrons. The number of nitrogens with zero attached hydrogens (tertiary/aromatic N) is 6. The Morgan fingerprint density at radius 2 is 1.91 bits per heavy atom. The lowest BCUT2D eigenvalue weighted by molar-refractivity contribution is -0.183. The van der Waals surface area contributed by atoms with Crippen LogP contribution in [-0.4, -0.2) is 74.7 Å². The van der Waals surface area contributed by atoms with Gasteiger partial charge in [0.25, 0.3) is 5.91 Å². The van der Waals surface area contributed by atoms with Crippen molar-refractivity contribution < 1.29 is 18.0 Å². The maximum Gasteiger partial charge on any atom is 0.408 e. The van der Waals surface area contributed by atoms with E-state index in [1.807, 2.05) is 6.07 Å². The van der Waals surface area contributed by atoms with Gasteiger partial charge < -0.3 is 10.6 Å². The van der Waals surface area contributed by atoms with Crippen molar-refractivity contribution in [1.29, 1.82) is 0 Å². The number of fused-ring (bicyclic) bond motifs is 2. The lowest BCUT2D eigenvalue weighted by atomic mass is 10.1. The Morgan fingerprint density at radius 3 is 2.60 bits per heavy atom. The van der Waals surface area contributed by atoms with Gasteiger partial charge in [-0.2, -0.15) is 13.2 Å². The van der Waals surface area contributed by atoms with Crippen LogP contribution in [0.4, 0.5) is 13.2 Å². The first-order chi connectivity index (χ1) is 16.6. The molecule has 1 saturated heterocycles. The summed E-state index contributed by atoms with van der Waals surface area (Å²) >= 11 is 0. The summed E-state index contributed by atoms with van der Waals surface area (Å²) < 4.78 is 43.8. The highest BCUT2D eigenvalue weighted by Gasteiger charge is 2.46. The summed E-state index contributed by atoms with van der Waals surface area (Å²) in [5.74, 6) is 0.156. The van der Waals surface area contributed by atoms with Crippen LogP contribution in [0.15, 0.2) is 48.7 Å². The topological polar surface area (TPSA) is 92.7 Å². The molecule has 182 valence electrons. The average Bonchev–Trinajstić information content (AvgIpc) is 3.42. The molecule has 5 rings (SSSR count). The number of benzene rings is 1. The minimum atomic E-state index is -4.47. The smallest absolute Gasteiger partial charge is 0.345 e. The minimum Gasteiger partial charge on any atom is -0.345 e. The third-order valence-corrected chi connectivity index (χ3v) is 6.25. The number of hydrogen-bond acceptors (Lipinski definition) is 6. The van der Waals surface area contributed by atoms with Crippen molar-refractivity contribution in [2.75, 3.05) is 27.2 Å². The summed E-state index contributed by atoms with van der Waals surface area (Å²) in [4.78, 5) is 19.8. The van der Waals surface area contributed by atoms with E-state index in [9.17, 15) is 18.0 Å². The molecule has 0 aliphatic carbocycles. The highest BCUT2D eigenvalue weighted by Crippen LogP contribution is 2.39. The first-order valence-electron chi connectivity index (χ1n) is 11.2. The Balaban J connectivity index is 1.58. The number of hydrogen-bond donors (Lipinski definition) is 1. The molecule has 1 amide bonds. The fourth-order valence-electron chi connectivity index (χ4n) is 4.53. The quantitative estimate of drug-likeness (QED) is 0.479. The van der Waals surface area contributed by atoms with Gasteiger partial charge >= 0.3 is 6.18 Å². The van der Waals surface area contributed by atoms with E-state index in [1.165, 1.54) is 32.5 Å². The zero-order valence-electron chi connectivity index (χ0n) is 19.2. The van der Waals surface area contributed by atoms with Crippen molar-refractivity contribution in [1.82, 2.24) is 29.4 Å². The number of aromatic nitrogens is 4. The summed E-state index contributed by atoms with van der Waals surface area (Å²) in [6, 6.07) is 9.68. The van der Waals surface area contributed by atoms with Crippen LogP contribution >= 0.6 is 0 Å². The first-order valence-corrected chi connectivity index (χ1v) is 11.2. The van der Waals surface area contributed by atoms with Gasteiger partial charge in [0.1, 0.15) is 11.7 Å². The minimum absolute atomic E-state index is 0.0832. The highest BCUT2D eigenvalue weighted by atomic mass is 19.4. The van der Waals surface area contributed by atoms with E-state index >= 15 is 0 Å². The number of carbonyl (C=O) groups is 1. The van der Waals surface area contributed by atoms with Gasteiger partial charge in [-0.25, -0.2) is 4.98 Å². The van der Waals surface area contributed by atoms with Crippen LogP contribution < -0.4 is 5.73 Å². The molecule has 1 aliphatic rings. The van der Waals surface area contributed by atoms with Crippen molar-refractivity contribution in [3.8, 4) is 11.5 Å². The van der Waals surface area contributed by atoms with Gasteiger partial charge in [0.2, 0.25) is 0 Å². The number of rotatable bonds is 4. The second-order valence-corrected chi connectivity index (χ2v) is 9.01. The number of likely N-dealkylation sites (tertiary alicyclic amines) is 1. The molecule has 0 spiro atoms. The van der Waals surface area contributed by atoms with Crippen LogP contribution in [0.3, 0.4) is 0 Å². The number of halogens is 3. The molecule has 1 fully saturated rings. The van der Waals surface area contributed by atoms with Crippen LogP contribution in [0.5, 0.6) is 0 Å². The third kappa shape index (κ3) is 4.32. The maximum absolute atomic E-state index is 14.1. The molecule has 2 N–H and O–H groups in total. The van der Waals surface area contributed by atoms with E-state index in [0.717, 1.165) is 5.39 Å². The van der Waals surface area contributed by atoms with Crippen LogP contribution in [0.25, 0.3) is 28.1 Å². The normalized spacial score (nSPS) is 17.8. The van der Waals surface area contributed by atoms with Gasteiger partial charge in [-0.3, -0.25) is 14.1 Å². The monoisotopic (exact) mass is 483 g/mol. The molecule has 1 unspecified atom stereocenters. The molecule has 2 atom stereocenters. The standard InChI is InChI=1S/C24H24F3N7O/c1-32(2)23(35)15-4-3-14-5-7-18(29-19(14)11-15)22-31-30-20-8-6-16(12-34(20)22)21(24(25,26)27)33-10-9-17(28)13-33/h3-8,11-12,17,21H,9-10,13,28H2,1-2H3/t17?,21-/m1/s1. The Hall–Kier alpha value is -3.57. The third-order valence-electron chi connectivity index (χ3n) is 6.25. The molecule has 0 saturated carbocycles. The number of alkyl halides is 3. The fourth-order valence-corrected chi connectivity index (χ4v) is 4.53. The Labute approximate surface area is 199 Å². The number of amides is 1.